The second-order valence-electron chi connectivity index (χ2n) is 5.25. The van der Waals surface area contributed by atoms with E-state index >= 15 is 0 Å². The van der Waals surface area contributed by atoms with Gasteiger partial charge in [0.25, 0.3) is 0 Å². The summed E-state index contributed by atoms with van der Waals surface area (Å²) in [6, 6.07) is 11.1. The smallest absolute Gasteiger partial charge is 0.127 e. The molecule has 0 aliphatic carbocycles. The molecule has 0 radical (unpaired) electrons. The minimum Gasteiger partial charge on any atom is -0.489 e. The normalized spacial score (nSPS) is 10.9. The zero-order chi connectivity index (χ0) is 15.2. The summed E-state index contributed by atoms with van der Waals surface area (Å²) in [4.78, 5) is 0. The maximum atomic E-state index is 13.6. The first kappa shape index (κ1) is 15.4. The molecule has 0 atom stereocenters. The Kier molecular flexibility index (Phi) is 5.28. The summed E-state index contributed by atoms with van der Waals surface area (Å²) < 4.78 is 32.2. The van der Waals surface area contributed by atoms with Gasteiger partial charge in [-0.2, -0.15) is 0 Å². The first-order chi connectivity index (χ1) is 10.0. The second-order valence-corrected chi connectivity index (χ2v) is 5.25. The van der Waals surface area contributed by atoms with Crippen molar-refractivity contribution in [1.82, 2.24) is 5.32 Å². The van der Waals surface area contributed by atoms with E-state index < -0.39 is 0 Å². The molecule has 2 rings (SSSR count). The summed E-state index contributed by atoms with van der Waals surface area (Å²) in [6.45, 7) is 4.84. The van der Waals surface area contributed by atoms with Crippen molar-refractivity contribution in [1.29, 1.82) is 0 Å². The molecule has 0 amide bonds. The van der Waals surface area contributed by atoms with Gasteiger partial charge in [-0.1, -0.05) is 26.0 Å². The third-order valence-corrected chi connectivity index (χ3v) is 2.94. The zero-order valence-corrected chi connectivity index (χ0v) is 12.2. The monoisotopic (exact) mass is 291 g/mol. The van der Waals surface area contributed by atoms with Crippen LogP contribution in [0.15, 0.2) is 42.5 Å². The van der Waals surface area contributed by atoms with Crippen LogP contribution in [0.3, 0.4) is 0 Å². The lowest BCUT2D eigenvalue weighted by Gasteiger charge is -2.11. The van der Waals surface area contributed by atoms with Crippen LogP contribution in [0.25, 0.3) is 0 Å². The van der Waals surface area contributed by atoms with Gasteiger partial charge < -0.3 is 10.1 Å². The maximum Gasteiger partial charge on any atom is 0.127 e. The largest absolute Gasteiger partial charge is 0.489 e. The average Bonchev–Trinajstić information content (AvgIpc) is 2.43. The number of hydrogen-bond acceptors (Lipinski definition) is 2. The second kappa shape index (κ2) is 7.18. The Labute approximate surface area is 123 Å². The van der Waals surface area contributed by atoms with Crippen LogP contribution in [-0.4, -0.2) is 6.04 Å². The molecule has 4 heteroatoms. The van der Waals surface area contributed by atoms with Crippen molar-refractivity contribution in [2.75, 3.05) is 0 Å². The minimum atomic E-state index is -0.340. The van der Waals surface area contributed by atoms with Gasteiger partial charge in [-0.3, -0.25) is 0 Å². The minimum absolute atomic E-state index is 0.207. The Balaban J connectivity index is 2.02. The van der Waals surface area contributed by atoms with Crippen molar-refractivity contribution in [3.05, 3.63) is 65.2 Å². The lowest BCUT2D eigenvalue weighted by atomic mass is 10.2. The van der Waals surface area contributed by atoms with Crippen LogP contribution in [0.5, 0.6) is 5.75 Å². The highest BCUT2D eigenvalue weighted by atomic mass is 19.1. The van der Waals surface area contributed by atoms with Crippen LogP contribution in [-0.2, 0) is 13.2 Å². The standard InChI is InChI=1S/C17H19F2NO/c1-12(2)20-10-14-7-16(19)9-17(8-14)21-11-13-4-3-5-15(18)6-13/h3-9,12,20H,10-11H2,1-2H3. The molecule has 1 N–H and O–H groups in total. The van der Waals surface area contributed by atoms with Crippen molar-refractivity contribution in [2.45, 2.75) is 33.0 Å². The third kappa shape index (κ3) is 5.16. The number of hydrogen-bond donors (Lipinski definition) is 1. The van der Waals surface area contributed by atoms with Crippen molar-refractivity contribution in [3.63, 3.8) is 0 Å². The molecule has 0 heterocycles. The van der Waals surface area contributed by atoms with E-state index in [0.717, 1.165) is 5.56 Å². The van der Waals surface area contributed by atoms with Gasteiger partial charge in [0, 0.05) is 18.7 Å². The molecule has 2 aromatic carbocycles. The van der Waals surface area contributed by atoms with E-state index in [1.165, 1.54) is 24.3 Å². The summed E-state index contributed by atoms with van der Waals surface area (Å²) in [5.41, 5.74) is 1.53. The molecule has 0 aromatic heterocycles. The summed E-state index contributed by atoms with van der Waals surface area (Å²) in [5, 5.41) is 3.23. The molecule has 2 aromatic rings. The van der Waals surface area contributed by atoms with Gasteiger partial charge in [0.1, 0.15) is 24.0 Å². The molecule has 112 valence electrons. The molecule has 0 saturated heterocycles. The number of nitrogens with one attached hydrogen (secondary N) is 1. The lowest BCUT2D eigenvalue weighted by Crippen LogP contribution is -2.21. The Bertz CT molecular complexity index is 599. The topological polar surface area (TPSA) is 21.3 Å². The van der Waals surface area contributed by atoms with Gasteiger partial charge in [0.2, 0.25) is 0 Å². The van der Waals surface area contributed by atoms with E-state index in [-0.39, 0.29) is 18.2 Å². The lowest BCUT2D eigenvalue weighted by molar-refractivity contribution is 0.303. The van der Waals surface area contributed by atoms with E-state index in [4.69, 9.17) is 4.74 Å². The van der Waals surface area contributed by atoms with Crippen molar-refractivity contribution >= 4 is 0 Å². The molecule has 0 bridgehead atoms. The van der Waals surface area contributed by atoms with E-state index in [2.05, 4.69) is 5.32 Å². The molecular weight excluding hydrogens is 272 g/mol. The molecule has 0 unspecified atom stereocenters. The Morgan fingerprint density at radius 2 is 1.76 bits per heavy atom. The number of halogens is 2. The highest BCUT2D eigenvalue weighted by Gasteiger charge is 2.04. The quantitative estimate of drug-likeness (QED) is 0.867. The third-order valence-electron chi connectivity index (χ3n) is 2.94. The fourth-order valence-corrected chi connectivity index (χ4v) is 1.92. The van der Waals surface area contributed by atoms with Crippen LogP contribution in [0.4, 0.5) is 8.78 Å². The van der Waals surface area contributed by atoms with Crippen molar-refractivity contribution in [2.24, 2.45) is 0 Å². The van der Waals surface area contributed by atoms with Crippen LogP contribution < -0.4 is 10.1 Å². The molecule has 0 saturated carbocycles. The average molecular weight is 291 g/mol. The van der Waals surface area contributed by atoms with Gasteiger partial charge >= 0.3 is 0 Å². The Hall–Kier alpha value is -1.94. The van der Waals surface area contributed by atoms with Crippen LogP contribution >= 0.6 is 0 Å². The summed E-state index contributed by atoms with van der Waals surface area (Å²) >= 11 is 0. The summed E-state index contributed by atoms with van der Waals surface area (Å²) in [6.07, 6.45) is 0. The van der Waals surface area contributed by atoms with Crippen LogP contribution in [0, 0.1) is 11.6 Å². The van der Waals surface area contributed by atoms with Gasteiger partial charge in [-0.25, -0.2) is 8.78 Å². The number of benzene rings is 2. The SMILES string of the molecule is CC(C)NCc1cc(F)cc(OCc2cccc(F)c2)c1. The fourth-order valence-electron chi connectivity index (χ4n) is 1.92. The maximum absolute atomic E-state index is 13.6. The van der Waals surface area contributed by atoms with Crippen molar-refractivity contribution in [3.8, 4) is 5.75 Å². The van der Waals surface area contributed by atoms with Crippen LogP contribution in [0.1, 0.15) is 25.0 Å². The number of ether oxygens (including phenoxy) is 1. The van der Waals surface area contributed by atoms with Gasteiger partial charge in [-0.15, -0.1) is 0 Å². The Morgan fingerprint density at radius 3 is 2.48 bits per heavy atom. The molecule has 0 aliphatic rings. The Morgan fingerprint density at radius 1 is 1.00 bits per heavy atom. The number of rotatable bonds is 6. The first-order valence-corrected chi connectivity index (χ1v) is 6.93. The van der Waals surface area contributed by atoms with E-state index in [1.54, 1.807) is 18.2 Å². The highest BCUT2D eigenvalue weighted by molar-refractivity contribution is 5.30. The zero-order valence-electron chi connectivity index (χ0n) is 12.2. The van der Waals surface area contributed by atoms with Gasteiger partial charge in [-0.05, 0) is 35.4 Å². The molecule has 2 nitrogen and oxygen atoms in total. The predicted molar refractivity (Wildman–Crippen MR) is 79.1 cm³/mol. The van der Waals surface area contributed by atoms with Crippen molar-refractivity contribution < 1.29 is 13.5 Å². The van der Waals surface area contributed by atoms with Gasteiger partial charge in [0.05, 0.1) is 0 Å². The van der Waals surface area contributed by atoms with Crippen LogP contribution in [0.2, 0.25) is 0 Å². The van der Waals surface area contributed by atoms with Gasteiger partial charge in [0.15, 0.2) is 0 Å². The molecule has 0 spiro atoms. The fraction of sp³-hybridized carbons (Fsp3) is 0.294. The van der Waals surface area contributed by atoms with E-state index in [9.17, 15) is 8.78 Å². The summed E-state index contributed by atoms with van der Waals surface area (Å²) in [7, 11) is 0. The molecule has 0 fully saturated rings. The highest BCUT2D eigenvalue weighted by Crippen LogP contribution is 2.18. The van der Waals surface area contributed by atoms with E-state index in [1.807, 2.05) is 13.8 Å². The molecule has 21 heavy (non-hydrogen) atoms. The predicted octanol–water partition coefficient (Wildman–Crippen LogP) is 4.04. The van der Waals surface area contributed by atoms with E-state index in [0.29, 0.717) is 23.9 Å². The first-order valence-electron chi connectivity index (χ1n) is 6.93. The summed E-state index contributed by atoms with van der Waals surface area (Å²) in [5.74, 6) is -0.204. The molecule has 0 aliphatic heterocycles. The molecular formula is C17H19F2NO.